The standard InChI is InChI=1S/C17H21N3O2/c1-3-19-15-13(8-6-9-18-15)11-14(16(19)21)17(22)20-10-5-4-7-12(20)2/h6,8-9,11-12H,3-5,7,10H2,1-2H3. The van der Waals surface area contributed by atoms with Crippen LogP contribution >= 0.6 is 0 Å². The molecule has 0 saturated carbocycles. The molecule has 5 nitrogen and oxygen atoms in total. The van der Waals surface area contributed by atoms with Gasteiger partial charge < -0.3 is 4.90 Å². The topological polar surface area (TPSA) is 55.2 Å². The zero-order chi connectivity index (χ0) is 15.7. The SMILES string of the molecule is CCn1c(=O)c(C(=O)N2CCCCC2C)cc2cccnc21. The molecule has 1 fully saturated rings. The maximum absolute atomic E-state index is 12.8. The molecule has 0 aliphatic carbocycles. The molecule has 22 heavy (non-hydrogen) atoms. The molecule has 0 bridgehead atoms. The van der Waals surface area contributed by atoms with Gasteiger partial charge in [0, 0.05) is 30.7 Å². The predicted molar refractivity (Wildman–Crippen MR) is 86.0 cm³/mol. The average Bonchev–Trinajstić information content (AvgIpc) is 2.54. The van der Waals surface area contributed by atoms with E-state index in [1.807, 2.05) is 24.0 Å². The first kappa shape index (κ1) is 14.8. The van der Waals surface area contributed by atoms with E-state index in [2.05, 4.69) is 11.9 Å². The Bertz CT molecular complexity index is 766. The minimum Gasteiger partial charge on any atom is -0.336 e. The van der Waals surface area contributed by atoms with Crippen molar-refractivity contribution in [1.82, 2.24) is 14.5 Å². The summed E-state index contributed by atoms with van der Waals surface area (Å²) in [5.41, 5.74) is 0.658. The summed E-state index contributed by atoms with van der Waals surface area (Å²) >= 11 is 0. The Kier molecular flexibility index (Phi) is 3.96. The quantitative estimate of drug-likeness (QED) is 0.856. The molecule has 3 heterocycles. The summed E-state index contributed by atoms with van der Waals surface area (Å²) in [7, 11) is 0. The number of aryl methyl sites for hydroxylation is 1. The molecule has 1 atom stereocenters. The molecule has 2 aromatic rings. The van der Waals surface area contributed by atoms with Crippen molar-refractivity contribution in [2.24, 2.45) is 0 Å². The fraction of sp³-hybridized carbons (Fsp3) is 0.471. The first-order valence-corrected chi connectivity index (χ1v) is 7.93. The number of carbonyl (C=O) groups excluding carboxylic acids is 1. The van der Waals surface area contributed by atoms with Gasteiger partial charge >= 0.3 is 0 Å². The Morgan fingerprint density at radius 1 is 1.41 bits per heavy atom. The summed E-state index contributed by atoms with van der Waals surface area (Å²) in [6.45, 7) is 5.19. The zero-order valence-corrected chi connectivity index (χ0v) is 13.1. The van der Waals surface area contributed by atoms with Gasteiger partial charge in [-0.3, -0.25) is 14.2 Å². The van der Waals surface area contributed by atoms with Gasteiger partial charge in [-0.1, -0.05) is 0 Å². The predicted octanol–water partition coefficient (Wildman–Crippen LogP) is 2.43. The van der Waals surface area contributed by atoms with Crippen LogP contribution in [0.1, 0.15) is 43.5 Å². The van der Waals surface area contributed by atoms with Crippen molar-refractivity contribution in [2.45, 2.75) is 45.7 Å². The number of hydrogen-bond acceptors (Lipinski definition) is 3. The number of pyridine rings is 2. The summed E-state index contributed by atoms with van der Waals surface area (Å²) in [5.74, 6) is -0.148. The highest BCUT2D eigenvalue weighted by Gasteiger charge is 2.27. The van der Waals surface area contributed by atoms with Crippen molar-refractivity contribution in [3.8, 4) is 0 Å². The highest BCUT2D eigenvalue weighted by molar-refractivity contribution is 5.97. The Morgan fingerprint density at radius 2 is 2.23 bits per heavy atom. The minimum absolute atomic E-state index is 0.148. The maximum atomic E-state index is 12.8. The lowest BCUT2D eigenvalue weighted by atomic mass is 10.0. The van der Waals surface area contributed by atoms with Crippen molar-refractivity contribution < 1.29 is 4.79 Å². The van der Waals surface area contributed by atoms with Crippen LogP contribution < -0.4 is 5.56 Å². The van der Waals surface area contributed by atoms with Crippen molar-refractivity contribution in [3.05, 3.63) is 40.3 Å². The van der Waals surface area contributed by atoms with Gasteiger partial charge in [0.05, 0.1) is 0 Å². The molecule has 1 aliphatic heterocycles. The number of nitrogens with zero attached hydrogens (tertiary/aromatic N) is 3. The average molecular weight is 299 g/mol. The van der Waals surface area contributed by atoms with Crippen LogP contribution in [0, 0.1) is 0 Å². The minimum atomic E-state index is -0.239. The van der Waals surface area contributed by atoms with Crippen molar-refractivity contribution >= 4 is 16.9 Å². The van der Waals surface area contributed by atoms with Gasteiger partial charge in [0.1, 0.15) is 11.2 Å². The number of fused-ring (bicyclic) bond motifs is 1. The zero-order valence-electron chi connectivity index (χ0n) is 13.1. The molecule has 1 saturated heterocycles. The number of amides is 1. The third-order valence-corrected chi connectivity index (χ3v) is 4.46. The van der Waals surface area contributed by atoms with E-state index in [4.69, 9.17) is 0 Å². The molecular formula is C17H21N3O2. The van der Waals surface area contributed by atoms with E-state index < -0.39 is 0 Å². The fourth-order valence-corrected chi connectivity index (χ4v) is 3.21. The Labute approximate surface area is 129 Å². The fourth-order valence-electron chi connectivity index (χ4n) is 3.21. The van der Waals surface area contributed by atoms with Crippen molar-refractivity contribution in [2.75, 3.05) is 6.54 Å². The van der Waals surface area contributed by atoms with Gasteiger partial charge in [-0.25, -0.2) is 4.98 Å². The third-order valence-electron chi connectivity index (χ3n) is 4.46. The van der Waals surface area contributed by atoms with E-state index in [1.165, 1.54) is 0 Å². The summed E-state index contributed by atoms with van der Waals surface area (Å²) in [4.78, 5) is 31.6. The Balaban J connectivity index is 2.12. The van der Waals surface area contributed by atoms with Crippen LogP contribution in [0.3, 0.4) is 0 Å². The molecule has 0 aromatic carbocycles. The lowest BCUT2D eigenvalue weighted by Gasteiger charge is -2.33. The van der Waals surface area contributed by atoms with Crippen molar-refractivity contribution in [3.63, 3.8) is 0 Å². The highest BCUT2D eigenvalue weighted by atomic mass is 16.2. The summed E-state index contributed by atoms with van der Waals surface area (Å²) in [6.07, 6.45) is 4.82. The van der Waals surface area contributed by atoms with Crippen LogP contribution in [0.2, 0.25) is 0 Å². The molecular weight excluding hydrogens is 278 g/mol. The second-order valence-corrected chi connectivity index (χ2v) is 5.87. The van der Waals surface area contributed by atoms with Crippen LogP contribution in [-0.2, 0) is 6.54 Å². The summed E-state index contributed by atoms with van der Waals surface area (Å²) in [6, 6.07) is 5.61. The third kappa shape index (κ3) is 2.40. The van der Waals surface area contributed by atoms with Gasteiger partial charge in [0.15, 0.2) is 0 Å². The molecule has 2 aromatic heterocycles. The first-order chi connectivity index (χ1) is 10.6. The molecule has 1 unspecified atom stereocenters. The smallest absolute Gasteiger partial charge is 0.265 e. The van der Waals surface area contributed by atoms with E-state index in [-0.39, 0.29) is 23.1 Å². The number of rotatable bonds is 2. The molecule has 0 spiro atoms. The van der Waals surface area contributed by atoms with E-state index in [1.54, 1.807) is 16.8 Å². The van der Waals surface area contributed by atoms with E-state index in [0.29, 0.717) is 12.2 Å². The molecule has 116 valence electrons. The molecule has 0 N–H and O–H groups in total. The van der Waals surface area contributed by atoms with E-state index >= 15 is 0 Å². The maximum Gasteiger partial charge on any atom is 0.265 e. The lowest BCUT2D eigenvalue weighted by molar-refractivity contribution is 0.0633. The highest BCUT2D eigenvalue weighted by Crippen LogP contribution is 2.19. The molecule has 1 amide bonds. The van der Waals surface area contributed by atoms with Gasteiger partial charge in [0.2, 0.25) is 0 Å². The normalized spacial score (nSPS) is 18.6. The Morgan fingerprint density at radius 3 is 2.95 bits per heavy atom. The van der Waals surface area contributed by atoms with Crippen LogP contribution in [0.5, 0.6) is 0 Å². The first-order valence-electron chi connectivity index (χ1n) is 7.93. The summed E-state index contributed by atoms with van der Waals surface area (Å²) < 4.78 is 1.58. The van der Waals surface area contributed by atoms with Gasteiger partial charge in [0.25, 0.3) is 11.5 Å². The molecule has 1 aliphatic rings. The lowest BCUT2D eigenvalue weighted by Crippen LogP contribution is -2.44. The second kappa shape index (κ2) is 5.91. The number of likely N-dealkylation sites (tertiary alicyclic amines) is 1. The van der Waals surface area contributed by atoms with Gasteiger partial charge in [-0.2, -0.15) is 0 Å². The van der Waals surface area contributed by atoms with Crippen LogP contribution in [0.15, 0.2) is 29.2 Å². The molecule has 0 radical (unpaired) electrons. The summed E-state index contributed by atoms with van der Waals surface area (Å²) in [5, 5.41) is 0.831. The molecule has 5 heteroatoms. The molecule has 3 rings (SSSR count). The van der Waals surface area contributed by atoms with E-state index in [0.717, 1.165) is 31.2 Å². The van der Waals surface area contributed by atoms with Gasteiger partial charge in [-0.05, 0) is 51.3 Å². The van der Waals surface area contributed by atoms with Crippen LogP contribution in [-0.4, -0.2) is 32.9 Å². The Hall–Kier alpha value is -2.17. The van der Waals surface area contributed by atoms with E-state index in [9.17, 15) is 9.59 Å². The number of hydrogen-bond donors (Lipinski definition) is 0. The largest absolute Gasteiger partial charge is 0.336 e. The number of piperidine rings is 1. The van der Waals surface area contributed by atoms with Crippen LogP contribution in [0.4, 0.5) is 0 Å². The number of carbonyl (C=O) groups is 1. The number of aromatic nitrogens is 2. The second-order valence-electron chi connectivity index (χ2n) is 5.87. The van der Waals surface area contributed by atoms with Gasteiger partial charge in [-0.15, -0.1) is 0 Å². The van der Waals surface area contributed by atoms with Crippen LogP contribution in [0.25, 0.3) is 11.0 Å². The monoisotopic (exact) mass is 299 g/mol. The van der Waals surface area contributed by atoms with Crippen molar-refractivity contribution in [1.29, 1.82) is 0 Å².